The Morgan fingerprint density at radius 1 is 0.411 bits per heavy atom. The quantitative estimate of drug-likeness (QED) is 0.0203. The predicted molar refractivity (Wildman–Crippen MR) is 237 cm³/mol. The summed E-state index contributed by atoms with van der Waals surface area (Å²) in [7, 11) is 0. The van der Waals surface area contributed by atoms with Crippen LogP contribution in [0.15, 0.2) is 85.1 Å². The van der Waals surface area contributed by atoms with Crippen molar-refractivity contribution in [2.45, 2.75) is 200 Å². The lowest BCUT2D eigenvalue weighted by Gasteiger charge is -2.18. The van der Waals surface area contributed by atoms with Gasteiger partial charge in [-0.25, -0.2) is 0 Å². The molecule has 56 heavy (non-hydrogen) atoms. The number of hydrogen-bond acceptors (Lipinski definition) is 6. The highest BCUT2D eigenvalue weighted by atomic mass is 16.6. The molecule has 0 rings (SSSR count). The molecule has 0 saturated carbocycles. The molecule has 0 aliphatic heterocycles. The lowest BCUT2D eigenvalue weighted by Crippen LogP contribution is -2.30. The topological polar surface area (TPSA) is 78.9 Å². The molecule has 0 aromatic heterocycles. The zero-order chi connectivity index (χ0) is 40.8. The minimum Gasteiger partial charge on any atom is -0.462 e. The summed E-state index contributed by atoms with van der Waals surface area (Å²) in [6.07, 6.45) is 56.2. The maximum absolute atomic E-state index is 12.7. The van der Waals surface area contributed by atoms with Gasteiger partial charge in [-0.05, 0) is 77.0 Å². The molecular formula is C50H82O6. The molecule has 0 aromatic rings. The average Bonchev–Trinajstić information content (AvgIpc) is 3.19. The normalized spacial score (nSPS) is 12.8. The Labute approximate surface area is 344 Å². The van der Waals surface area contributed by atoms with Gasteiger partial charge in [0.1, 0.15) is 13.2 Å². The van der Waals surface area contributed by atoms with Crippen LogP contribution in [-0.4, -0.2) is 37.2 Å². The standard InChI is InChI=1S/C50H82O6/c1-4-7-10-13-16-19-21-23-24-25-27-28-31-34-37-40-43-49(52)55-46-47(45-54-48(51)42-39-36-33-30-18-15-12-9-6-3)56-50(53)44-41-38-35-32-29-26-22-20-17-14-11-8-5-2/h9,12,18,24-30,35-36,38-39,47H,4-8,10-11,13-17,19-23,31-34,37,40-46H2,1-3H3/b12-9-,25-24-,28-27-,29-26-,30-18-,38-35-,39-36-. The van der Waals surface area contributed by atoms with Crippen molar-refractivity contribution in [3.8, 4) is 0 Å². The van der Waals surface area contributed by atoms with E-state index in [1.165, 1.54) is 83.5 Å². The third-order valence-corrected chi connectivity index (χ3v) is 9.18. The molecule has 0 heterocycles. The summed E-state index contributed by atoms with van der Waals surface area (Å²) >= 11 is 0. The Bertz CT molecular complexity index is 1120. The minimum atomic E-state index is -0.851. The number of unbranched alkanes of at least 4 members (excludes halogenated alkanes) is 16. The van der Waals surface area contributed by atoms with Crippen LogP contribution in [0.1, 0.15) is 194 Å². The van der Waals surface area contributed by atoms with E-state index in [2.05, 4.69) is 87.6 Å². The fourth-order valence-corrected chi connectivity index (χ4v) is 5.78. The Hall–Kier alpha value is -3.41. The Morgan fingerprint density at radius 2 is 0.857 bits per heavy atom. The third-order valence-electron chi connectivity index (χ3n) is 9.18. The van der Waals surface area contributed by atoms with E-state index in [-0.39, 0.29) is 32.0 Å². The summed E-state index contributed by atoms with van der Waals surface area (Å²) in [5, 5.41) is 0. The van der Waals surface area contributed by atoms with Gasteiger partial charge in [0.25, 0.3) is 0 Å². The van der Waals surface area contributed by atoms with Gasteiger partial charge in [-0.3, -0.25) is 14.4 Å². The van der Waals surface area contributed by atoms with E-state index < -0.39 is 18.0 Å². The van der Waals surface area contributed by atoms with Crippen molar-refractivity contribution in [1.29, 1.82) is 0 Å². The van der Waals surface area contributed by atoms with Crippen LogP contribution in [0.25, 0.3) is 0 Å². The number of esters is 3. The summed E-state index contributed by atoms with van der Waals surface area (Å²) in [6, 6.07) is 0. The van der Waals surface area contributed by atoms with Gasteiger partial charge in [0.15, 0.2) is 6.10 Å². The highest BCUT2D eigenvalue weighted by Gasteiger charge is 2.19. The second-order valence-corrected chi connectivity index (χ2v) is 14.6. The Morgan fingerprint density at radius 3 is 1.43 bits per heavy atom. The molecule has 0 radical (unpaired) electrons. The second kappa shape index (κ2) is 44.3. The molecule has 1 unspecified atom stereocenters. The molecule has 0 aromatic carbocycles. The fraction of sp³-hybridized carbons (Fsp3) is 0.660. The number of carbonyl (C=O) groups excluding carboxylic acids is 3. The predicted octanol–water partition coefficient (Wildman–Crippen LogP) is 14.5. The SMILES string of the molecule is CC/C=C\C/C=C\C/C=C\CC(=O)OCC(COC(=O)CCCCC/C=C\C=C/CCCCCCCCC)OC(=O)CC/C=C\C/C=C\CCCCCCCC. The number of rotatable bonds is 39. The molecule has 0 fully saturated rings. The van der Waals surface area contributed by atoms with E-state index in [0.717, 1.165) is 64.2 Å². The summed E-state index contributed by atoms with van der Waals surface area (Å²) in [5.74, 6) is -1.17. The molecule has 0 bridgehead atoms. The lowest BCUT2D eigenvalue weighted by atomic mass is 10.1. The van der Waals surface area contributed by atoms with Gasteiger partial charge < -0.3 is 14.2 Å². The van der Waals surface area contributed by atoms with Gasteiger partial charge >= 0.3 is 17.9 Å². The van der Waals surface area contributed by atoms with E-state index in [9.17, 15) is 14.4 Å². The molecule has 318 valence electrons. The number of hydrogen-bond donors (Lipinski definition) is 0. The van der Waals surface area contributed by atoms with Crippen LogP contribution in [0.4, 0.5) is 0 Å². The van der Waals surface area contributed by atoms with Gasteiger partial charge in [-0.15, -0.1) is 0 Å². The van der Waals surface area contributed by atoms with Crippen molar-refractivity contribution in [2.75, 3.05) is 13.2 Å². The largest absolute Gasteiger partial charge is 0.462 e. The number of carbonyl (C=O) groups is 3. The molecule has 0 aliphatic carbocycles. The Balaban J connectivity index is 4.54. The van der Waals surface area contributed by atoms with Crippen molar-refractivity contribution < 1.29 is 28.6 Å². The molecule has 6 nitrogen and oxygen atoms in total. The first-order chi connectivity index (χ1) is 27.5. The highest BCUT2D eigenvalue weighted by molar-refractivity contribution is 5.72. The first kappa shape index (κ1) is 52.6. The highest BCUT2D eigenvalue weighted by Crippen LogP contribution is 2.11. The van der Waals surface area contributed by atoms with Crippen molar-refractivity contribution in [2.24, 2.45) is 0 Å². The molecular weight excluding hydrogens is 697 g/mol. The molecule has 0 saturated heterocycles. The van der Waals surface area contributed by atoms with E-state index in [4.69, 9.17) is 14.2 Å². The van der Waals surface area contributed by atoms with Crippen molar-refractivity contribution in [3.63, 3.8) is 0 Å². The van der Waals surface area contributed by atoms with Crippen LogP contribution >= 0.6 is 0 Å². The molecule has 0 amide bonds. The molecule has 0 aliphatic rings. The smallest absolute Gasteiger partial charge is 0.309 e. The van der Waals surface area contributed by atoms with E-state index in [1.807, 2.05) is 12.2 Å². The molecule has 1 atom stereocenters. The fourth-order valence-electron chi connectivity index (χ4n) is 5.78. The molecule has 0 spiro atoms. The molecule has 0 N–H and O–H groups in total. The summed E-state index contributed by atoms with van der Waals surface area (Å²) in [6.45, 7) is 6.31. The van der Waals surface area contributed by atoms with Crippen LogP contribution in [0.3, 0.4) is 0 Å². The lowest BCUT2D eigenvalue weighted by molar-refractivity contribution is -0.166. The van der Waals surface area contributed by atoms with Crippen LogP contribution in [0.5, 0.6) is 0 Å². The van der Waals surface area contributed by atoms with Crippen LogP contribution < -0.4 is 0 Å². The van der Waals surface area contributed by atoms with E-state index >= 15 is 0 Å². The number of ether oxygens (including phenoxy) is 3. The van der Waals surface area contributed by atoms with Gasteiger partial charge in [0.05, 0.1) is 6.42 Å². The first-order valence-electron chi connectivity index (χ1n) is 22.6. The Kier molecular flexibility index (Phi) is 41.6. The van der Waals surface area contributed by atoms with E-state index in [1.54, 1.807) is 6.08 Å². The van der Waals surface area contributed by atoms with Crippen LogP contribution in [0, 0.1) is 0 Å². The summed E-state index contributed by atoms with van der Waals surface area (Å²) in [5.41, 5.74) is 0. The van der Waals surface area contributed by atoms with Gasteiger partial charge in [-0.2, -0.15) is 0 Å². The van der Waals surface area contributed by atoms with Crippen molar-refractivity contribution >= 4 is 17.9 Å². The second-order valence-electron chi connectivity index (χ2n) is 14.6. The monoisotopic (exact) mass is 779 g/mol. The zero-order valence-electron chi connectivity index (χ0n) is 36.1. The van der Waals surface area contributed by atoms with Gasteiger partial charge in [0, 0.05) is 12.8 Å². The zero-order valence-corrected chi connectivity index (χ0v) is 36.1. The van der Waals surface area contributed by atoms with Crippen molar-refractivity contribution in [3.05, 3.63) is 85.1 Å². The van der Waals surface area contributed by atoms with Gasteiger partial charge in [0.2, 0.25) is 0 Å². The van der Waals surface area contributed by atoms with Crippen LogP contribution in [-0.2, 0) is 28.6 Å². The first-order valence-corrected chi connectivity index (χ1v) is 22.6. The average molecular weight is 779 g/mol. The minimum absolute atomic E-state index is 0.118. The maximum atomic E-state index is 12.7. The summed E-state index contributed by atoms with van der Waals surface area (Å²) < 4.78 is 16.5. The van der Waals surface area contributed by atoms with Gasteiger partial charge in [-0.1, -0.05) is 183 Å². The third kappa shape index (κ3) is 41.7. The maximum Gasteiger partial charge on any atom is 0.309 e. The summed E-state index contributed by atoms with van der Waals surface area (Å²) in [4.78, 5) is 37.5. The number of allylic oxidation sites excluding steroid dienone is 13. The van der Waals surface area contributed by atoms with Crippen molar-refractivity contribution in [1.82, 2.24) is 0 Å². The van der Waals surface area contributed by atoms with Crippen LogP contribution in [0.2, 0.25) is 0 Å². The van der Waals surface area contributed by atoms with E-state index in [0.29, 0.717) is 12.8 Å². The molecule has 6 heteroatoms.